The van der Waals surface area contributed by atoms with Gasteiger partial charge in [-0.25, -0.2) is 4.68 Å². The molecular weight excluding hydrogens is 511 g/mol. The summed E-state index contributed by atoms with van der Waals surface area (Å²) < 4.78 is 46.7. The third-order valence-corrected chi connectivity index (χ3v) is 7.17. The number of rotatable bonds is 8. The van der Waals surface area contributed by atoms with E-state index in [-0.39, 0.29) is 5.56 Å². The molecular formula is C27H30F3N7O2. The number of halogens is 3. The Morgan fingerprint density at radius 3 is 2.59 bits per heavy atom. The fourth-order valence-corrected chi connectivity index (χ4v) is 5.06. The normalized spacial score (nSPS) is 15.7. The van der Waals surface area contributed by atoms with Gasteiger partial charge in [-0.3, -0.25) is 9.69 Å². The van der Waals surface area contributed by atoms with Gasteiger partial charge in [0.2, 0.25) is 0 Å². The summed E-state index contributed by atoms with van der Waals surface area (Å²) in [6.07, 6.45) is -3.54. The number of aromatic amines is 1. The van der Waals surface area contributed by atoms with E-state index in [1.807, 2.05) is 23.1 Å². The number of nitrogens with zero attached hydrogens (tertiary/aromatic N) is 6. The number of benzene rings is 2. The first-order chi connectivity index (χ1) is 18.8. The number of alkyl halides is 3. The number of hydrogen-bond donors (Lipinski definition) is 1. The number of ether oxygens (including phenoxy) is 1. The zero-order valence-electron chi connectivity index (χ0n) is 21.8. The molecule has 12 heteroatoms. The Balaban J connectivity index is 1.49. The fourth-order valence-electron chi connectivity index (χ4n) is 5.06. The fraction of sp³-hybridized carbons (Fsp3) is 0.407. The zero-order chi connectivity index (χ0) is 27.6. The number of hydrogen-bond acceptors (Lipinski definition) is 7. The maximum absolute atomic E-state index is 13.4. The molecule has 3 heterocycles. The highest BCUT2D eigenvalue weighted by molar-refractivity contribution is 5.80. The first-order valence-corrected chi connectivity index (χ1v) is 12.9. The Bertz CT molecular complexity index is 1490. The van der Waals surface area contributed by atoms with E-state index in [1.54, 1.807) is 17.9 Å². The molecule has 0 saturated carbocycles. The second-order valence-electron chi connectivity index (χ2n) is 9.56. The van der Waals surface area contributed by atoms with Gasteiger partial charge in [0.15, 0.2) is 5.82 Å². The summed E-state index contributed by atoms with van der Waals surface area (Å²) in [4.78, 5) is 20.5. The molecule has 1 aliphatic heterocycles. The lowest BCUT2D eigenvalue weighted by Gasteiger charge is -2.39. The molecule has 4 aromatic rings. The molecule has 5 rings (SSSR count). The summed E-state index contributed by atoms with van der Waals surface area (Å²) in [5, 5.41) is 13.2. The van der Waals surface area contributed by atoms with Crippen molar-refractivity contribution in [2.45, 2.75) is 32.1 Å². The topological polar surface area (TPSA) is 92.2 Å². The molecule has 206 valence electrons. The second kappa shape index (κ2) is 11.1. The van der Waals surface area contributed by atoms with Gasteiger partial charge in [0.25, 0.3) is 5.56 Å². The monoisotopic (exact) mass is 541 g/mol. The van der Waals surface area contributed by atoms with Crippen LogP contribution in [0.1, 0.15) is 35.5 Å². The van der Waals surface area contributed by atoms with Gasteiger partial charge in [0.1, 0.15) is 6.04 Å². The van der Waals surface area contributed by atoms with E-state index in [9.17, 15) is 18.0 Å². The van der Waals surface area contributed by atoms with E-state index < -0.39 is 17.8 Å². The summed E-state index contributed by atoms with van der Waals surface area (Å²) in [6.45, 7) is 4.80. The summed E-state index contributed by atoms with van der Waals surface area (Å²) in [5.74, 6) is 0.510. The molecule has 1 fully saturated rings. The van der Waals surface area contributed by atoms with Crippen LogP contribution in [0.25, 0.3) is 10.9 Å². The van der Waals surface area contributed by atoms with Gasteiger partial charge in [-0.05, 0) is 64.2 Å². The van der Waals surface area contributed by atoms with Crippen molar-refractivity contribution in [1.82, 2.24) is 30.1 Å². The van der Waals surface area contributed by atoms with Crippen molar-refractivity contribution < 1.29 is 17.9 Å². The Morgan fingerprint density at radius 1 is 1.08 bits per heavy atom. The number of methoxy groups -OCH3 is 1. The van der Waals surface area contributed by atoms with Crippen LogP contribution >= 0.6 is 0 Å². The average Bonchev–Trinajstić information content (AvgIpc) is 3.40. The van der Waals surface area contributed by atoms with Crippen molar-refractivity contribution in [1.29, 1.82) is 0 Å². The molecule has 39 heavy (non-hydrogen) atoms. The van der Waals surface area contributed by atoms with Gasteiger partial charge in [0, 0.05) is 50.1 Å². The van der Waals surface area contributed by atoms with Crippen LogP contribution in [-0.2, 0) is 23.9 Å². The van der Waals surface area contributed by atoms with Crippen LogP contribution in [0.15, 0.2) is 53.3 Å². The molecule has 0 radical (unpaired) electrons. The third kappa shape index (κ3) is 5.66. The number of piperazine rings is 1. The number of tetrazole rings is 1. The van der Waals surface area contributed by atoms with E-state index in [1.165, 1.54) is 12.1 Å². The highest BCUT2D eigenvalue weighted by atomic mass is 19.4. The maximum Gasteiger partial charge on any atom is 0.416 e. The van der Waals surface area contributed by atoms with Crippen molar-refractivity contribution in [3.05, 3.63) is 81.4 Å². The molecule has 2 aromatic carbocycles. The highest BCUT2D eigenvalue weighted by Crippen LogP contribution is 2.33. The molecule has 9 nitrogen and oxygen atoms in total. The molecule has 1 aliphatic rings. The van der Waals surface area contributed by atoms with Crippen molar-refractivity contribution in [3.8, 4) is 0 Å². The standard InChI is InChI=1S/C27H30F3N7O2/c1-3-18-7-8-23-19(15-18)16-22(26(38)31-23)24(25-32-33-34-37(25)13-14-39-2)36-11-9-35(10-12-36)21-6-4-5-20(17-21)27(28,29)30/h4-8,15-17,24H,3,9-14H2,1-2H3,(H,31,38). The molecule has 1 saturated heterocycles. The van der Waals surface area contributed by atoms with E-state index in [0.717, 1.165) is 29.0 Å². The van der Waals surface area contributed by atoms with Gasteiger partial charge in [-0.1, -0.05) is 19.1 Å². The Morgan fingerprint density at radius 2 is 1.87 bits per heavy atom. The summed E-state index contributed by atoms with van der Waals surface area (Å²) in [7, 11) is 1.59. The average molecular weight is 542 g/mol. The lowest BCUT2D eigenvalue weighted by atomic mass is 10.0. The minimum atomic E-state index is -4.41. The molecule has 0 aliphatic carbocycles. The predicted octanol–water partition coefficient (Wildman–Crippen LogP) is 3.65. The summed E-state index contributed by atoms with van der Waals surface area (Å²) in [6, 6.07) is 12.7. The Labute approximate surface area is 223 Å². The second-order valence-corrected chi connectivity index (χ2v) is 9.56. The van der Waals surface area contributed by atoms with Crippen LogP contribution in [0.4, 0.5) is 18.9 Å². The van der Waals surface area contributed by atoms with Crippen LogP contribution in [0.5, 0.6) is 0 Å². The Kier molecular flexibility index (Phi) is 7.67. The van der Waals surface area contributed by atoms with E-state index >= 15 is 0 Å². The number of aromatic nitrogens is 5. The summed E-state index contributed by atoms with van der Waals surface area (Å²) >= 11 is 0. The molecule has 2 aromatic heterocycles. The molecule has 0 bridgehead atoms. The molecule has 1 N–H and O–H groups in total. The summed E-state index contributed by atoms with van der Waals surface area (Å²) in [5.41, 5.74) is 2.01. The molecule has 0 amide bonds. The van der Waals surface area contributed by atoms with Gasteiger partial charge in [-0.15, -0.1) is 5.10 Å². The largest absolute Gasteiger partial charge is 0.416 e. The minimum Gasteiger partial charge on any atom is -0.383 e. The smallest absolute Gasteiger partial charge is 0.383 e. The number of H-pyrrole nitrogens is 1. The Hall–Kier alpha value is -3.77. The van der Waals surface area contributed by atoms with Gasteiger partial charge in [0.05, 0.1) is 18.7 Å². The lowest BCUT2D eigenvalue weighted by molar-refractivity contribution is -0.137. The maximum atomic E-state index is 13.4. The van der Waals surface area contributed by atoms with E-state index in [0.29, 0.717) is 56.4 Å². The van der Waals surface area contributed by atoms with Crippen LogP contribution in [0.2, 0.25) is 0 Å². The predicted molar refractivity (Wildman–Crippen MR) is 141 cm³/mol. The van der Waals surface area contributed by atoms with Crippen LogP contribution in [0, 0.1) is 0 Å². The minimum absolute atomic E-state index is 0.238. The van der Waals surface area contributed by atoms with Crippen LogP contribution in [0.3, 0.4) is 0 Å². The van der Waals surface area contributed by atoms with Crippen molar-refractivity contribution in [2.75, 3.05) is 44.8 Å². The van der Waals surface area contributed by atoms with Crippen molar-refractivity contribution in [2.24, 2.45) is 0 Å². The van der Waals surface area contributed by atoms with Crippen molar-refractivity contribution in [3.63, 3.8) is 0 Å². The van der Waals surface area contributed by atoms with Crippen molar-refractivity contribution >= 4 is 16.6 Å². The quantitative estimate of drug-likeness (QED) is 0.364. The van der Waals surface area contributed by atoms with Gasteiger partial charge < -0.3 is 14.6 Å². The molecule has 0 spiro atoms. The van der Waals surface area contributed by atoms with Gasteiger partial charge in [-0.2, -0.15) is 13.2 Å². The SMILES string of the molecule is CCc1ccc2[nH]c(=O)c(C(c3nnnn3CCOC)N3CCN(c4cccc(C(F)(F)F)c4)CC3)cc2c1. The number of nitrogens with one attached hydrogen (secondary N) is 1. The van der Waals surface area contributed by atoms with E-state index in [4.69, 9.17) is 4.74 Å². The first-order valence-electron chi connectivity index (χ1n) is 12.9. The molecule has 1 unspecified atom stereocenters. The van der Waals surface area contributed by atoms with Crippen LogP contribution < -0.4 is 10.5 Å². The highest BCUT2D eigenvalue weighted by Gasteiger charge is 2.34. The van der Waals surface area contributed by atoms with Crippen LogP contribution in [-0.4, -0.2) is 70.0 Å². The molecule has 1 atom stereocenters. The number of aryl methyl sites for hydroxylation is 1. The third-order valence-electron chi connectivity index (χ3n) is 7.17. The van der Waals surface area contributed by atoms with Gasteiger partial charge >= 0.3 is 6.18 Å². The number of anilines is 1. The lowest BCUT2D eigenvalue weighted by Crippen LogP contribution is -2.49. The van der Waals surface area contributed by atoms with E-state index in [2.05, 4.69) is 38.4 Å². The zero-order valence-corrected chi connectivity index (χ0v) is 21.8. The number of pyridine rings is 1. The first kappa shape index (κ1) is 26.8. The number of fused-ring (bicyclic) bond motifs is 1.